The van der Waals surface area contributed by atoms with Gasteiger partial charge in [-0.2, -0.15) is 0 Å². The molecule has 1 rings (SSSR count). The molecule has 6 nitrogen and oxygen atoms in total. The number of hydrogen-bond acceptors (Lipinski definition) is 3. The van der Waals surface area contributed by atoms with Gasteiger partial charge in [0.2, 0.25) is 0 Å². The van der Waals surface area contributed by atoms with Crippen molar-refractivity contribution in [1.29, 1.82) is 0 Å². The fraction of sp³-hybridized carbons (Fsp3) is 0.833. The lowest BCUT2D eigenvalue weighted by molar-refractivity contribution is -0.147. The van der Waals surface area contributed by atoms with Crippen LogP contribution in [-0.4, -0.2) is 43.4 Å². The van der Waals surface area contributed by atoms with Crippen LogP contribution in [0.15, 0.2) is 0 Å². The van der Waals surface area contributed by atoms with Crippen molar-refractivity contribution in [1.82, 2.24) is 10.6 Å². The number of rotatable bonds is 6. The Morgan fingerprint density at radius 1 is 1.44 bits per heavy atom. The van der Waals surface area contributed by atoms with Crippen LogP contribution in [0.4, 0.5) is 4.79 Å². The number of carboxylic acids is 1. The number of nitrogens with one attached hydrogen (secondary N) is 2. The Kier molecular flexibility index (Phi) is 5.40. The predicted octanol–water partition coefficient (Wildman–Crippen LogP) is 0.823. The minimum atomic E-state index is -0.909. The Bertz CT molecular complexity index is 302. The van der Waals surface area contributed by atoms with Gasteiger partial charge in [-0.3, -0.25) is 4.79 Å². The zero-order valence-electron chi connectivity index (χ0n) is 11.0. The van der Waals surface area contributed by atoms with Gasteiger partial charge in [-0.15, -0.1) is 0 Å². The molecule has 3 N–H and O–H groups in total. The Morgan fingerprint density at radius 3 is 2.67 bits per heavy atom. The van der Waals surface area contributed by atoms with Gasteiger partial charge in [-0.1, -0.05) is 6.92 Å². The lowest BCUT2D eigenvalue weighted by atomic mass is 9.88. The molecule has 1 heterocycles. The number of hydrogen-bond donors (Lipinski definition) is 3. The number of carbonyl (C=O) groups excluding carboxylic acids is 1. The van der Waals surface area contributed by atoms with Gasteiger partial charge in [-0.25, -0.2) is 4.79 Å². The van der Waals surface area contributed by atoms with E-state index in [4.69, 9.17) is 9.84 Å². The van der Waals surface area contributed by atoms with Crippen LogP contribution < -0.4 is 10.6 Å². The van der Waals surface area contributed by atoms with E-state index in [1.807, 2.05) is 0 Å². The second kappa shape index (κ2) is 6.58. The summed E-state index contributed by atoms with van der Waals surface area (Å²) >= 11 is 0. The van der Waals surface area contributed by atoms with Gasteiger partial charge in [0, 0.05) is 25.6 Å². The lowest BCUT2D eigenvalue weighted by Gasteiger charge is -2.23. The van der Waals surface area contributed by atoms with Crippen molar-refractivity contribution >= 4 is 12.0 Å². The molecule has 1 fully saturated rings. The summed E-state index contributed by atoms with van der Waals surface area (Å²) in [6.07, 6.45) is 1.43. The van der Waals surface area contributed by atoms with Crippen molar-refractivity contribution in [2.45, 2.75) is 26.7 Å². The number of aliphatic carboxylic acids is 1. The van der Waals surface area contributed by atoms with Crippen LogP contribution in [0.3, 0.4) is 0 Å². The van der Waals surface area contributed by atoms with Gasteiger partial charge in [0.15, 0.2) is 0 Å². The number of carboxylic acid groups (broad SMARTS) is 1. The van der Waals surface area contributed by atoms with E-state index < -0.39 is 11.4 Å². The normalized spacial score (nSPS) is 22.2. The van der Waals surface area contributed by atoms with Crippen LogP contribution in [0.2, 0.25) is 0 Å². The molecule has 0 bridgehead atoms. The van der Waals surface area contributed by atoms with Crippen LogP contribution >= 0.6 is 0 Å². The molecule has 0 spiro atoms. The Hall–Kier alpha value is -1.30. The standard InChI is InChI=1S/C12H22N2O4/c1-3-12(2,10(15)16)8-14-11(17)13-6-9-4-5-18-7-9/h9H,3-8H2,1-2H3,(H,15,16)(H2,13,14,17). The Balaban J connectivity index is 2.25. The monoisotopic (exact) mass is 258 g/mol. The van der Waals surface area contributed by atoms with E-state index in [-0.39, 0.29) is 12.6 Å². The maximum Gasteiger partial charge on any atom is 0.314 e. The highest BCUT2D eigenvalue weighted by molar-refractivity contribution is 5.77. The third-order valence-electron chi connectivity index (χ3n) is 3.51. The van der Waals surface area contributed by atoms with Crippen molar-refractivity contribution in [3.8, 4) is 0 Å². The molecule has 0 aromatic carbocycles. The van der Waals surface area contributed by atoms with Crippen LogP contribution in [0.5, 0.6) is 0 Å². The molecular weight excluding hydrogens is 236 g/mol. The molecule has 0 aromatic rings. The van der Waals surface area contributed by atoms with Crippen molar-refractivity contribution < 1.29 is 19.4 Å². The van der Waals surface area contributed by atoms with Gasteiger partial charge in [0.1, 0.15) is 0 Å². The summed E-state index contributed by atoms with van der Waals surface area (Å²) in [5.74, 6) is -0.526. The van der Waals surface area contributed by atoms with Crippen molar-refractivity contribution in [3.63, 3.8) is 0 Å². The number of amides is 2. The lowest BCUT2D eigenvalue weighted by Crippen LogP contribution is -2.45. The molecule has 0 aliphatic carbocycles. The summed E-state index contributed by atoms with van der Waals surface area (Å²) in [4.78, 5) is 22.6. The first-order valence-electron chi connectivity index (χ1n) is 6.31. The smallest absolute Gasteiger partial charge is 0.314 e. The summed E-state index contributed by atoms with van der Waals surface area (Å²) in [5, 5.41) is 14.4. The SMILES string of the molecule is CCC(C)(CNC(=O)NCC1CCOC1)C(=O)O. The molecule has 0 radical (unpaired) electrons. The van der Waals surface area contributed by atoms with E-state index in [9.17, 15) is 9.59 Å². The topological polar surface area (TPSA) is 87.7 Å². The molecule has 6 heteroatoms. The molecule has 1 aliphatic rings. The van der Waals surface area contributed by atoms with E-state index in [1.54, 1.807) is 13.8 Å². The first-order valence-corrected chi connectivity index (χ1v) is 6.31. The minimum Gasteiger partial charge on any atom is -0.481 e. The van der Waals surface area contributed by atoms with E-state index >= 15 is 0 Å². The molecule has 0 aromatic heterocycles. The molecule has 104 valence electrons. The van der Waals surface area contributed by atoms with E-state index in [0.29, 0.717) is 25.5 Å². The minimum absolute atomic E-state index is 0.131. The Morgan fingerprint density at radius 2 is 2.17 bits per heavy atom. The van der Waals surface area contributed by atoms with Gasteiger partial charge >= 0.3 is 12.0 Å². The first-order chi connectivity index (χ1) is 8.48. The molecule has 1 saturated heterocycles. The van der Waals surface area contributed by atoms with E-state index in [1.165, 1.54) is 0 Å². The third kappa shape index (κ3) is 4.18. The van der Waals surface area contributed by atoms with Crippen LogP contribution in [0.1, 0.15) is 26.7 Å². The molecular formula is C12H22N2O4. The van der Waals surface area contributed by atoms with Crippen LogP contribution in [0, 0.1) is 11.3 Å². The Labute approximate surface area is 107 Å². The highest BCUT2D eigenvalue weighted by Crippen LogP contribution is 2.19. The van der Waals surface area contributed by atoms with Gasteiger partial charge in [0.05, 0.1) is 12.0 Å². The fourth-order valence-electron chi connectivity index (χ4n) is 1.67. The van der Waals surface area contributed by atoms with E-state index in [0.717, 1.165) is 13.0 Å². The van der Waals surface area contributed by atoms with Gasteiger partial charge in [-0.05, 0) is 19.8 Å². The summed E-state index contributed by atoms with van der Waals surface area (Å²) in [6, 6.07) is -0.317. The zero-order chi connectivity index (χ0) is 13.6. The maximum atomic E-state index is 11.5. The number of carbonyl (C=O) groups is 2. The molecule has 2 unspecified atom stereocenters. The molecule has 2 amide bonds. The maximum absolute atomic E-state index is 11.5. The molecule has 2 atom stereocenters. The summed E-state index contributed by atoms with van der Waals surface area (Å²) in [5.41, 5.74) is -0.909. The second-order valence-corrected chi connectivity index (χ2v) is 5.01. The third-order valence-corrected chi connectivity index (χ3v) is 3.51. The quantitative estimate of drug-likeness (QED) is 0.658. The molecule has 1 aliphatic heterocycles. The van der Waals surface area contributed by atoms with Crippen molar-refractivity contribution in [3.05, 3.63) is 0 Å². The van der Waals surface area contributed by atoms with Crippen molar-refractivity contribution in [2.24, 2.45) is 11.3 Å². The summed E-state index contributed by atoms with van der Waals surface area (Å²) in [6.45, 7) is 5.56. The average Bonchev–Trinajstić information content (AvgIpc) is 2.86. The summed E-state index contributed by atoms with van der Waals surface area (Å²) < 4.78 is 5.20. The second-order valence-electron chi connectivity index (χ2n) is 5.01. The van der Waals surface area contributed by atoms with Gasteiger partial charge < -0.3 is 20.5 Å². The zero-order valence-corrected chi connectivity index (χ0v) is 11.0. The van der Waals surface area contributed by atoms with Gasteiger partial charge in [0.25, 0.3) is 0 Å². The molecule has 18 heavy (non-hydrogen) atoms. The predicted molar refractivity (Wildman–Crippen MR) is 66.4 cm³/mol. The number of ether oxygens (including phenoxy) is 1. The number of urea groups is 1. The van der Waals surface area contributed by atoms with E-state index in [2.05, 4.69) is 10.6 Å². The van der Waals surface area contributed by atoms with Crippen LogP contribution in [-0.2, 0) is 9.53 Å². The molecule has 0 saturated carbocycles. The average molecular weight is 258 g/mol. The van der Waals surface area contributed by atoms with Crippen molar-refractivity contribution in [2.75, 3.05) is 26.3 Å². The summed E-state index contributed by atoms with van der Waals surface area (Å²) in [7, 11) is 0. The van der Waals surface area contributed by atoms with Crippen LogP contribution in [0.25, 0.3) is 0 Å². The highest BCUT2D eigenvalue weighted by atomic mass is 16.5. The highest BCUT2D eigenvalue weighted by Gasteiger charge is 2.31. The fourth-order valence-corrected chi connectivity index (χ4v) is 1.67. The first kappa shape index (κ1) is 14.8. The largest absolute Gasteiger partial charge is 0.481 e.